The molecule has 1 atom stereocenters. The average molecular weight is 428 g/mol. The van der Waals surface area contributed by atoms with Crippen LogP contribution in [0.5, 0.6) is 0 Å². The Balaban J connectivity index is 0.00000256. The van der Waals surface area contributed by atoms with Crippen LogP contribution in [0.3, 0.4) is 0 Å². The molecule has 2 aliphatic rings. The minimum Gasteiger partial charge on any atom is -0.326 e. The van der Waals surface area contributed by atoms with Crippen LogP contribution in [0.2, 0.25) is 0 Å². The van der Waals surface area contributed by atoms with E-state index in [0.29, 0.717) is 36.1 Å². The highest BCUT2D eigenvalue weighted by molar-refractivity contribution is 6.08. The van der Waals surface area contributed by atoms with Crippen molar-refractivity contribution in [3.63, 3.8) is 0 Å². The molecule has 5 nitrogen and oxygen atoms in total. The molecule has 160 valence electrons. The molecule has 2 heterocycles. The van der Waals surface area contributed by atoms with E-state index < -0.39 is 0 Å². The Morgan fingerprint density at radius 2 is 1.90 bits per heavy atom. The summed E-state index contributed by atoms with van der Waals surface area (Å²) in [5.74, 6) is 0.967. The van der Waals surface area contributed by atoms with E-state index in [1.165, 1.54) is 5.56 Å². The van der Waals surface area contributed by atoms with Gasteiger partial charge in [-0.2, -0.15) is 0 Å². The maximum absolute atomic E-state index is 13.0. The monoisotopic (exact) mass is 427 g/mol. The lowest BCUT2D eigenvalue weighted by Crippen LogP contribution is -2.32. The summed E-state index contributed by atoms with van der Waals surface area (Å²) in [6.07, 6.45) is 3.67. The highest BCUT2D eigenvalue weighted by Gasteiger charge is 2.25. The molecule has 2 amide bonds. The summed E-state index contributed by atoms with van der Waals surface area (Å²) in [7, 11) is 0. The molecule has 1 saturated heterocycles. The maximum Gasteiger partial charge on any atom is 0.258 e. The van der Waals surface area contributed by atoms with Gasteiger partial charge in [-0.3, -0.25) is 9.59 Å². The van der Waals surface area contributed by atoms with Crippen molar-refractivity contribution in [3.05, 3.63) is 59.7 Å². The average Bonchev–Trinajstić information content (AvgIpc) is 3.18. The first-order valence-corrected chi connectivity index (χ1v) is 10.6. The molecular weight excluding hydrogens is 398 g/mol. The SMILES string of the molecule is CC(CC(=O)Nc1cccc(C(=O)N2CCc3ccccc32)c1)C1CCNCC1.Cl. The third-order valence-corrected chi connectivity index (χ3v) is 6.22. The fourth-order valence-corrected chi connectivity index (χ4v) is 4.52. The van der Waals surface area contributed by atoms with Gasteiger partial charge in [0.1, 0.15) is 0 Å². The third-order valence-electron chi connectivity index (χ3n) is 6.22. The van der Waals surface area contributed by atoms with E-state index in [1.54, 1.807) is 6.07 Å². The van der Waals surface area contributed by atoms with E-state index in [0.717, 1.165) is 38.0 Å². The van der Waals surface area contributed by atoms with E-state index in [9.17, 15) is 9.59 Å². The molecule has 0 bridgehead atoms. The lowest BCUT2D eigenvalue weighted by atomic mass is 9.84. The lowest BCUT2D eigenvalue weighted by Gasteiger charge is -2.27. The summed E-state index contributed by atoms with van der Waals surface area (Å²) in [6, 6.07) is 15.3. The van der Waals surface area contributed by atoms with Crippen molar-refractivity contribution in [2.75, 3.05) is 29.9 Å². The molecule has 30 heavy (non-hydrogen) atoms. The molecule has 6 heteroatoms. The number of benzene rings is 2. The Morgan fingerprint density at radius 1 is 1.13 bits per heavy atom. The predicted molar refractivity (Wildman–Crippen MR) is 124 cm³/mol. The summed E-state index contributed by atoms with van der Waals surface area (Å²) in [6.45, 7) is 4.95. The van der Waals surface area contributed by atoms with E-state index in [-0.39, 0.29) is 24.2 Å². The molecule has 4 rings (SSSR count). The number of nitrogens with one attached hydrogen (secondary N) is 2. The Morgan fingerprint density at radius 3 is 2.70 bits per heavy atom. The van der Waals surface area contributed by atoms with E-state index in [4.69, 9.17) is 0 Å². The molecule has 1 unspecified atom stereocenters. The predicted octanol–water partition coefficient (Wildman–Crippen LogP) is 4.28. The second kappa shape index (κ2) is 10.1. The van der Waals surface area contributed by atoms with Crippen molar-refractivity contribution >= 4 is 35.6 Å². The van der Waals surface area contributed by atoms with Crippen molar-refractivity contribution in [2.45, 2.75) is 32.6 Å². The molecule has 2 aromatic carbocycles. The topological polar surface area (TPSA) is 61.4 Å². The van der Waals surface area contributed by atoms with Crippen LogP contribution in [0, 0.1) is 11.8 Å². The molecular formula is C24H30ClN3O2. The third kappa shape index (κ3) is 5.02. The van der Waals surface area contributed by atoms with Gasteiger partial charge in [-0.15, -0.1) is 12.4 Å². The summed E-state index contributed by atoms with van der Waals surface area (Å²) in [5.41, 5.74) is 3.48. The van der Waals surface area contributed by atoms with Crippen molar-refractivity contribution in [1.82, 2.24) is 5.32 Å². The van der Waals surface area contributed by atoms with Crippen molar-refractivity contribution in [1.29, 1.82) is 0 Å². The molecule has 1 fully saturated rings. The molecule has 0 saturated carbocycles. The number of halogens is 1. The number of carbonyl (C=O) groups is 2. The smallest absolute Gasteiger partial charge is 0.258 e. The zero-order chi connectivity index (χ0) is 20.2. The number of rotatable bonds is 5. The molecule has 0 aliphatic carbocycles. The van der Waals surface area contributed by atoms with Crippen LogP contribution in [0.25, 0.3) is 0 Å². The number of piperidine rings is 1. The van der Waals surface area contributed by atoms with Gasteiger partial charge in [-0.1, -0.05) is 31.2 Å². The number of nitrogens with zero attached hydrogens (tertiary/aromatic N) is 1. The van der Waals surface area contributed by atoms with Crippen LogP contribution >= 0.6 is 12.4 Å². The summed E-state index contributed by atoms with van der Waals surface area (Å²) < 4.78 is 0. The number of amides is 2. The van der Waals surface area contributed by atoms with Crippen molar-refractivity contribution < 1.29 is 9.59 Å². The first kappa shape index (κ1) is 22.3. The Bertz CT molecular complexity index is 896. The van der Waals surface area contributed by atoms with E-state index >= 15 is 0 Å². The minimum atomic E-state index is -0.0193. The number of carbonyl (C=O) groups excluding carboxylic acids is 2. The Kier molecular flexibility index (Phi) is 7.51. The van der Waals surface area contributed by atoms with Crippen LogP contribution < -0.4 is 15.5 Å². The fourth-order valence-electron chi connectivity index (χ4n) is 4.52. The standard InChI is InChI=1S/C24H29N3O2.ClH/c1-17(18-9-12-25-13-10-18)15-23(28)26-21-7-4-6-20(16-21)24(29)27-14-11-19-5-2-3-8-22(19)27;/h2-8,16-18,25H,9-15H2,1H3,(H,26,28);1H. The Labute approximate surface area is 184 Å². The van der Waals surface area contributed by atoms with Gasteiger partial charge < -0.3 is 15.5 Å². The molecule has 2 N–H and O–H groups in total. The van der Waals surface area contributed by atoms with Crippen LogP contribution in [0.4, 0.5) is 11.4 Å². The second-order valence-electron chi connectivity index (χ2n) is 8.23. The van der Waals surface area contributed by atoms with Gasteiger partial charge in [0.05, 0.1) is 0 Å². The highest BCUT2D eigenvalue weighted by atomic mass is 35.5. The van der Waals surface area contributed by atoms with Crippen LogP contribution in [-0.2, 0) is 11.2 Å². The largest absolute Gasteiger partial charge is 0.326 e. The van der Waals surface area contributed by atoms with Crippen molar-refractivity contribution in [2.24, 2.45) is 11.8 Å². The molecule has 0 spiro atoms. The van der Waals surface area contributed by atoms with Gasteiger partial charge in [0.15, 0.2) is 0 Å². The van der Waals surface area contributed by atoms with E-state index in [2.05, 4.69) is 23.6 Å². The van der Waals surface area contributed by atoms with E-state index in [1.807, 2.05) is 41.3 Å². The van der Waals surface area contributed by atoms with Crippen LogP contribution in [0.15, 0.2) is 48.5 Å². The normalized spacial score (nSPS) is 17.0. The van der Waals surface area contributed by atoms with Crippen LogP contribution in [0.1, 0.15) is 42.1 Å². The first-order chi connectivity index (χ1) is 14.1. The second-order valence-corrected chi connectivity index (χ2v) is 8.23. The minimum absolute atomic E-state index is 0. The maximum atomic E-state index is 13.0. The highest BCUT2D eigenvalue weighted by Crippen LogP contribution is 2.29. The zero-order valence-corrected chi connectivity index (χ0v) is 18.2. The number of hydrogen-bond acceptors (Lipinski definition) is 3. The first-order valence-electron chi connectivity index (χ1n) is 10.6. The van der Waals surface area contributed by atoms with Gasteiger partial charge in [-0.25, -0.2) is 0 Å². The van der Waals surface area contributed by atoms with Crippen molar-refractivity contribution in [3.8, 4) is 0 Å². The fraction of sp³-hybridized carbons (Fsp3) is 0.417. The quantitative estimate of drug-likeness (QED) is 0.748. The number of anilines is 2. The van der Waals surface area contributed by atoms with Gasteiger partial charge in [0.25, 0.3) is 5.91 Å². The number of fused-ring (bicyclic) bond motifs is 1. The van der Waals surface area contributed by atoms with Gasteiger partial charge in [0, 0.05) is 29.9 Å². The zero-order valence-electron chi connectivity index (χ0n) is 17.4. The Hall–Kier alpha value is -2.37. The van der Waals surface area contributed by atoms with Gasteiger partial charge in [-0.05, 0) is 74.0 Å². The molecule has 0 aromatic heterocycles. The molecule has 0 radical (unpaired) electrons. The van der Waals surface area contributed by atoms with Gasteiger partial charge in [0.2, 0.25) is 5.91 Å². The summed E-state index contributed by atoms with van der Waals surface area (Å²) >= 11 is 0. The summed E-state index contributed by atoms with van der Waals surface area (Å²) in [4.78, 5) is 27.4. The van der Waals surface area contributed by atoms with Gasteiger partial charge >= 0.3 is 0 Å². The number of para-hydroxylation sites is 1. The summed E-state index contributed by atoms with van der Waals surface area (Å²) in [5, 5.41) is 6.36. The number of hydrogen-bond donors (Lipinski definition) is 2. The van der Waals surface area contributed by atoms with Crippen LogP contribution in [-0.4, -0.2) is 31.4 Å². The molecule has 2 aromatic rings. The molecule has 2 aliphatic heterocycles. The lowest BCUT2D eigenvalue weighted by molar-refractivity contribution is -0.117.